The Morgan fingerprint density at radius 2 is 2.16 bits per heavy atom. The van der Waals surface area contributed by atoms with Gasteiger partial charge in [-0.15, -0.1) is 0 Å². The summed E-state index contributed by atoms with van der Waals surface area (Å²) in [5, 5.41) is 6.36. The molecule has 1 unspecified atom stereocenters. The zero-order valence-corrected chi connectivity index (χ0v) is 12.2. The third-order valence-electron chi connectivity index (χ3n) is 3.73. The number of piperidine rings is 1. The van der Waals surface area contributed by atoms with Gasteiger partial charge in [0.25, 0.3) is 0 Å². The quantitative estimate of drug-likeness (QED) is 0.848. The average Bonchev–Trinajstić information content (AvgIpc) is 2.44. The highest BCUT2D eigenvalue weighted by Gasteiger charge is 2.23. The van der Waals surface area contributed by atoms with Crippen LogP contribution >= 0.6 is 0 Å². The molecule has 2 heterocycles. The van der Waals surface area contributed by atoms with Crippen LogP contribution in [0.4, 0.5) is 11.6 Å². The van der Waals surface area contributed by atoms with Crippen LogP contribution in [-0.4, -0.2) is 43.2 Å². The topological polar surface area (TPSA) is 53.1 Å². The second kappa shape index (κ2) is 6.70. The Morgan fingerprint density at radius 1 is 1.32 bits per heavy atom. The zero-order valence-electron chi connectivity index (χ0n) is 12.2. The van der Waals surface area contributed by atoms with Crippen molar-refractivity contribution in [3.05, 3.63) is 11.9 Å². The Balaban J connectivity index is 2.18. The molecule has 19 heavy (non-hydrogen) atoms. The van der Waals surface area contributed by atoms with Gasteiger partial charge in [0.2, 0.25) is 0 Å². The zero-order chi connectivity index (χ0) is 13.7. The van der Waals surface area contributed by atoms with Gasteiger partial charge >= 0.3 is 0 Å². The van der Waals surface area contributed by atoms with Crippen molar-refractivity contribution in [2.75, 3.05) is 37.4 Å². The standard InChI is InChI=1S/C14H25N5/c1-11-17-13(16-3)10-14(18-11)19-9-5-4-6-12(19)7-8-15-2/h10,12,15H,4-9H2,1-3H3,(H,16,17,18). The molecule has 1 aliphatic heterocycles. The Bertz CT molecular complexity index is 407. The Labute approximate surface area is 115 Å². The normalized spacial score (nSPS) is 19.5. The molecule has 0 aromatic carbocycles. The Kier molecular flexibility index (Phi) is 4.96. The smallest absolute Gasteiger partial charge is 0.134 e. The number of aromatic nitrogens is 2. The molecule has 106 valence electrons. The minimum atomic E-state index is 0.597. The fourth-order valence-corrected chi connectivity index (χ4v) is 2.74. The molecule has 0 bridgehead atoms. The molecule has 2 N–H and O–H groups in total. The Hall–Kier alpha value is -1.36. The van der Waals surface area contributed by atoms with Crippen molar-refractivity contribution in [1.29, 1.82) is 0 Å². The number of nitrogens with one attached hydrogen (secondary N) is 2. The predicted octanol–water partition coefficient (Wildman–Crippen LogP) is 1.80. The molecule has 5 nitrogen and oxygen atoms in total. The van der Waals surface area contributed by atoms with Gasteiger partial charge in [0.15, 0.2) is 0 Å². The molecular weight excluding hydrogens is 238 g/mol. The van der Waals surface area contributed by atoms with Crippen LogP contribution in [0, 0.1) is 6.92 Å². The van der Waals surface area contributed by atoms with Gasteiger partial charge in [-0.05, 0) is 46.2 Å². The van der Waals surface area contributed by atoms with Crippen molar-refractivity contribution in [1.82, 2.24) is 15.3 Å². The summed E-state index contributed by atoms with van der Waals surface area (Å²) in [6.07, 6.45) is 5.02. The van der Waals surface area contributed by atoms with Gasteiger partial charge < -0.3 is 15.5 Å². The molecule has 1 atom stereocenters. The van der Waals surface area contributed by atoms with E-state index >= 15 is 0 Å². The van der Waals surface area contributed by atoms with E-state index in [-0.39, 0.29) is 0 Å². The molecule has 0 amide bonds. The van der Waals surface area contributed by atoms with Crippen LogP contribution < -0.4 is 15.5 Å². The van der Waals surface area contributed by atoms with E-state index in [0.717, 1.165) is 30.5 Å². The Morgan fingerprint density at radius 3 is 2.89 bits per heavy atom. The van der Waals surface area contributed by atoms with Crippen molar-refractivity contribution in [2.45, 2.75) is 38.6 Å². The maximum absolute atomic E-state index is 4.62. The van der Waals surface area contributed by atoms with Crippen LogP contribution in [0.25, 0.3) is 0 Å². The van der Waals surface area contributed by atoms with Gasteiger partial charge in [-0.25, -0.2) is 9.97 Å². The first kappa shape index (κ1) is 14.1. The lowest BCUT2D eigenvalue weighted by atomic mass is 9.99. The van der Waals surface area contributed by atoms with Crippen LogP contribution in [0.5, 0.6) is 0 Å². The van der Waals surface area contributed by atoms with E-state index in [9.17, 15) is 0 Å². The van der Waals surface area contributed by atoms with Crippen molar-refractivity contribution < 1.29 is 0 Å². The molecule has 2 rings (SSSR count). The van der Waals surface area contributed by atoms with Gasteiger partial charge in [0.05, 0.1) is 0 Å². The van der Waals surface area contributed by atoms with Crippen LogP contribution in [0.2, 0.25) is 0 Å². The fourth-order valence-electron chi connectivity index (χ4n) is 2.74. The van der Waals surface area contributed by atoms with Gasteiger partial charge in [-0.3, -0.25) is 0 Å². The summed E-state index contributed by atoms with van der Waals surface area (Å²) in [5.74, 6) is 2.80. The molecule has 1 aromatic rings. The van der Waals surface area contributed by atoms with Crippen molar-refractivity contribution in [2.24, 2.45) is 0 Å². The number of aryl methyl sites for hydroxylation is 1. The fraction of sp³-hybridized carbons (Fsp3) is 0.714. The number of rotatable bonds is 5. The third kappa shape index (κ3) is 3.56. The molecule has 1 saturated heterocycles. The van der Waals surface area contributed by atoms with E-state index in [2.05, 4.69) is 31.6 Å². The summed E-state index contributed by atoms with van der Waals surface area (Å²) in [5.41, 5.74) is 0. The molecule has 5 heteroatoms. The second-order valence-corrected chi connectivity index (χ2v) is 5.14. The highest BCUT2D eigenvalue weighted by atomic mass is 15.2. The van der Waals surface area contributed by atoms with Crippen molar-refractivity contribution >= 4 is 11.6 Å². The molecular formula is C14H25N5. The molecule has 0 aliphatic carbocycles. The molecule has 1 aromatic heterocycles. The van der Waals surface area contributed by atoms with Crippen LogP contribution in [0.1, 0.15) is 31.5 Å². The minimum Gasteiger partial charge on any atom is -0.373 e. The highest BCUT2D eigenvalue weighted by molar-refractivity contribution is 5.50. The minimum absolute atomic E-state index is 0.597. The highest BCUT2D eigenvalue weighted by Crippen LogP contribution is 2.26. The van der Waals surface area contributed by atoms with E-state index in [1.54, 1.807) is 0 Å². The summed E-state index contributed by atoms with van der Waals surface area (Å²) in [4.78, 5) is 11.4. The molecule has 0 saturated carbocycles. The molecule has 0 spiro atoms. The molecule has 1 aliphatic rings. The number of hydrogen-bond acceptors (Lipinski definition) is 5. The molecule has 0 radical (unpaired) electrons. The van der Waals surface area contributed by atoms with Crippen molar-refractivity contribution in [3.8, 4) is 0 Å². The van der Waals surface area contributed by atoms with E-state index in [1.807, 2.05) is 21.0 Å². The van der Waals surface area contributed by atoms with E-state index in [4.69, 9.17) is 0 Å². The summed E-state index contributed by atoms with van der Waals surface area (Å²) < 4.78 is 0. The first-order valence-electron chi connectivity index (χ1n) is 7.19. The van der Waals surface area contributed by atoms with Gasteiger partial charge in [0.1, 0.15) is 17.5 Å². The first-order valence-corrected chi connectivity index (χ1v) is 7.19. The van der Waals surface area contributed by atoms with Gasteiger partial charge in [0, 0.05) is 25.7 Å². The van der Waals surface area contributed by atoms with Crippen molar-refractivity contribution in [3.63, 3.8) is 0 Å². The van der Waals surface area contributed by atoms with E-state index in [0.29, 0.717) is 6.04 Å². The molecule has 1 fully saturated rings. The van der Waals surface area contributed by atoms with Gasteiger partial charge in [-0.2, -0.15) is 0 Å². The average molecular weight is 263 g/mol. The number of hydrogen-bond donors (Lipinski definition) is 2. The van der Waals surface area contributed by atoms with Crippen LogP contribution in [-0.2, 0) is 0 Å². The lowest BCUT2D eigenvalue weighted by molar-refractivity contribution is 0.430. The van der Waals surface area contributed by atoms with E-state index in [1.165, 1.54) is 25.7 Å². The van der Waals surface area contributed by atoms with Crippen LogP contribution in [0.15, 0.2) is 6.07 Å². The summed E-state index contributed by atoms with van der Waals surface area (Å²) >= 11 is 0. The van der Waals surface area contributed by atoms with E-state index < -0.39 is 0 Å². The monoisotopic (exact) mass is 263 g/mol. The number of nitrogens with zero attached hydrogens (tertiary/aromatic N) is 3. The first-order chi connectivity index (χ1) is 9.24. The summed E-state index contributed by atoms with van der Waals surface area (Å²) in [7, 11) is 3.92. The maximum atomic E-state index is 4.62. The number of anilines is 2. The van der Waals surface area contributed by atoms with Crippen LogP contribution in [0.3, 0.4) is 0 Å². The lowest BCUT2D eigenvalue weighted by Crippen LogP contribution is -2.41. The largest absolute Gasteiger partial charge is 0.373 e. The third-order valence-corrected chi connectivity index (χ3v) is 3.73. The SMILES string of the molecule is CNCCC1CCCCN1c1cc(NC)nc(C)n1. The maximum Gasteiger partial charge on any atom is 0.134 e. The summed E-state index contributed by atoms with van der Waals surface area (Å²) in [6.45, 7) is 4.12. The predicted molar refractivity (Wildman–Crippen MR) is 79.8 cm³/mol. The lowest BCUT2D eigenvalue weighted by Gasteiger charge is -2.37. The summed E-state index contributed by atoms with van der Waals surface area (Å²) in [6, 6.07) is 2.66. The second-order valence-electron chi connectivity index (χ2n) is 5.14. The van der Waals surface area contributed by atoms with Gasteiger partial charge in [-0.1, -0.05) is 0 Å².